The minimum Gasteiger partial charge on any atom is -0.433 e. The highest BCUT2D eigenvalue weighted by atomic mass is 19.3. The van der Waals surface area contributed by atoms with Crippen LogP contribution in [0.15, 0.2) is 30.3 Å². The van der Waals surface area contributed by atoms with Gasteiger partial charge in [0.25, 0.3) is 0 Å². The number of hydrogen-bond acceptors (Lipinski definition) is 4. The number of ether oxygens (including phenoxy) is 3. The van der Waals surface area contributed by atoms with Gasteiger partial charge < -0.3 is 14.2 Å². The van der Waals surface area contributed by atoms with Crippen molar-refractivity contribution in [2.24, 2.45) is 0 Å². The second kappa shape index (κ2) is 5.85. The van der Waals surface area contributed by atoms with Gasteiger partial charge in [-0.25, -0.2) is 8.78 Å². The molecular formula is C14H15F2O4. The van der Waals surface area contributed by atoms with Crippen molar-refractivity contribution in [2.45, 2.75) is 38.0 Å². The monoisotopic (exact) mass is 285 g/mol. The molecule has 20 heavy (non-hydrogen) atoms. The minimum absolute atomic E-state index is 0.0328. The van der Waals surface area contributed by atoms with E-state index in [2.05, 4.69) is 6.92 Å². The van der Waals surface area contributed by atoms with Gasteiger partial charge in [0, 0.05) is 6.92 Å². The van der Waals surface area contributed by atoms with Crippen LogP contribution >= 0.6 is 0 Å². The Bertz CT molecular complexity index is 464. The van der Waals surface area contributed by atoms with Gasteiger partial charge in [-0.15, -0.1) is 0 Å². The molecule has 1 heterocycles. The van der Waals surface area contributed by atoms with Crippen molar-refractivity contribution in [3.63, 3.8) is 0 Å². The quantitative estimate of drug-likeness (QED) is 0.796. The maximum atomic E-state index is 13.9. The summed E-state index contributed by atoms with van der Waals surface area (Å²) in [5.41, 5.74) is 0.734. The molecule has 0 saturated carbocycles. The zero-order valence-electron chi connectivity index (χ0n) is 10.9. The van der Waals surface area contributed by atoms with Crippen molar-refractivity contribution < 1.29 is 27.8 Å². The summed E-state index contributed by atoms with van der Waals surface area (Å²) in [6, 6.07) is 8.85. The molecule has 4 nitrogen and oxygen atoms in total. The fourth-order valence-corrected chi connectivity index (χ4v) is 1.89. The van der Waals surface area contributed by atoms with Crippen LogP contribution in [0.5, 0.6) is 0 Å². The number of esters is 1. The van der Waals surface area contributed by atoms with Crippen molar-refractivity contribution in [1.82, 2.24) is 0 Å². The summed E-state index contributed by atoms with van der Waals surface area (Å²) in [5.74, 6) is -4.04. The average molecular weight is 285 g/mol. The predicted octanol–water partition coefficient (Wildman–Crippen LogP) is 2.33. The lowest BCUT2D eigenvalue weighted by Crippen LogP contribution is -2.42. The summed E-state index contributed by atoms with van der Waals surface area (Å²) in [6.07, 6.45) is -4.74. The van der Waals surface area contributed by atoms with Crippen molar-refractivity contribution in [3.8, 4) is 0 Å². The molecule has 0 bridgehead atoms. The van der Waals surface area contributed by atoms with E-state index in [9.17, 15) is 13.6 Å². The molecule has 2 rings (SSSR count). The molecule has 109 valence electrons. The largest absolute Gasteiger partial charge is 0.433 e. The lowest BCUT2D eigenvalue weighted by atomic mass is 10.1. The Kier molecular flexibility index (Phi) is 4.35. The van der Waals surface area contributed by atoms with Gasteiger partial charge in [0.1, 0.15) is 6.10 Å². The van der Waals surface area contributed by atoms with E-state index in [-0.39, 0.29) is 6.61 Å². The van der Waals surface area contributed by atoms with Gasteiger partial charge in [-0.3, -0.25) is 4.79 Å². The number of hydrogen-bond donors (Lipinski definition) is 0. The van der Waals surface area contributed by atoms with E-state index in [1.54, 1.807) is 24.3 Å². The first kappa shape index (κ1) is 14.9. The summed E-state index contributed by atoms with van der Waals surface area (Å²) < 4.78 is 42.6. The molecule has 1 fully saturated rings. The fraction of sp³-hybridized carbons (Fsp3) is 0.429. The van der Waals surface area contributed by atoms with Crippen molar-refractivity contribution in [1.29, 1.82) is 0 Å². The van der Waals surface area contributed by atoms with Gasteiger partial charge in [0.2, 0.25) is 6.29 Å². The van der Waals surface area contributed by atoms with E-state index in [1.165, 1.54) is 0 Å². The first-order valence-electron chi connectivity index (χ1n) is 6.10. The van der Waals surface area contributed by atoms with Crippen LogP contribution in [0.2, 0.25) is 0 Å². The normalized spacial score (nSPS) is 28.3. The van der Waals surface area contributed by atoms with Crippen LogP contribution in [-0.2, 0) is 25.6 Å². The van der Waals surface area contributed by atoms with Gasteiger partial charge in [0.05, 0.1) is 6.61 Å². The average Bonchev–Trinajstić information content (AvgIpc) is 2.58. The van der Waals surface area contributed by atoms with Crippen molar-refractivity contribution in [3.05, 3.63) is 42.8 Å². The van der Waals surface area contributed by atoms with Gasteiger partial charge in [-0.2, -0.15) is 0 Å². The fourth-order valence-electron chi connectivity index (χ4n) is 1.89. The molecule has 1 saturated heterocycles. The highest BCUT2D eigenvalue weighted by Gasteiger charge is 2.59. The zero-order chi connectivity index (χ0) is 14.8. The Morgan fingerprint density at radius 3 is 2.65 bits per heavy atom. The van der Waals surface area contributed by atoms with Crippen LogP contribution in [0.1, 0.15) is 12.5 Å². The molecule has 0 spiro atoms. The van der Waals surface area contributed by atoms with Crippen LogP contribution in [0.4, 0.5) is 8.78 Å². The van der Waals surface area contributed by atoms with Gasteiger partial charge in [-0.05, 0) is 12.5 Å². The summed E-state index contributed by atoms with van der Waals surface area (Å²) in [7, 11) is 0. The molecule has 0 amide bonds. The number of alkyl halides is 2. The maximum absolute atomic E-state index is 13.9. The summed E-state index contributed by atoms with van der Waals surface area (Å²) in [5, 5.41) is 0. The third-order valence-electron chi connectivity index (χ3n) is 2.91. The number of halogens is 2. The Labute approximate surface area is 115 Å². The smallest absolute Gasteiger partial charge is 0.305 e. The first-order chi connectivity index (χ1) is 9.41. The van der Waals surface area contributed by atoms with E-state index in [4.69, 9.17) is 14.2 Å². The van der Waals surface area contributed by atoms with Crippen LogP contribution < -0.4 is 0 Å². The minimum atomic E-state index is -3.32. The highest BCUT2D eigenvalue weighted by molar-refractivity contribution is 5.66. The molecular weight excluding hydrogens is 270 g/mol. The second-order valence-electron chi connectivity index (χ2n) is 4.49. The number of rotatable bonds is 4. The Balaban J connectivity index is 2.06. The van der Waals surface area contributed by atoms with Gasteiger partial charge >= 0.3 is 11.9 Å². The van der Waals surface area contributed by atoms with E-state index < -0.39 is 30.4 Å². The van der Waals surface area contributed by atoms with Crippen LogP contribution in [-0.4, -0.2) is 30.4 Å². The van der Waals surface area contributed by atoms with Crippen LogP contribution in [0.3, 0.4) is 0 Å². The van der Waals surface area contributed by atoms with Crippen molar-refractivity contribution >= 4 is 5.97 Å². The third-order valence-corrected chi connectivity index (χ3v) is 2.91. The third kappa shape index (κ3) is 3.13. The molecule has 1 radical (unpaired) electrons. The molecule has 3 atom stereocenters. The Morgan fingerprint density at radius 1 is 1.40 bits per heavy atom. The van der Waals surface area contributed by atoms with E-state index in [0.29, 0.717) is 0 Å². The molecule has 6 heteroatoms. The molecule has 0 aliphatic carbocycles. The lowest BCUT2D eigenvalue weighted by molar-refractivity contribution is -0.196. The van der Waals surface area contributed by atoms with Crippen molar-refractivity contribution in [2.75, 3.05) is 0 Å². The van der Waals surface area contributed by atoms with Gasteiger partial charge in [-0.1, -0.05) is 30.3 Å². The first-order valence-corrected chi connectivity index (χ1v) is 6.10. The zero-order valence-corrected chi connectivity index (χ0v) is 10.9. The Morgan fingerprint density at radius 2 is 2.05 bits per heavy atom. The summed E-state index contributed by atoms with van der Waals surface area (Å²) in [4.78, 5) is 10.9. The van der Waals surface area contributed by atoms with E-state index in [0.717, 1.165) is 12.5 Å². The number of carbonyl (C=O) groups is 1. The molecule has 0 N–H and O–H groups in total. The molecule has 1 aliphatic heterocycles. The highest BCUT2D eigenvalue weighted by Crippen LogP contribution is 2.38. The lowest BCUT2D eigenvalue weighted by Gasteiger charge is -2.22. The summed E-state index contributed by atoms with van der Waals surface area (Å²) in [6.45, 7) is 4.29. The summed E-state index contributed by atoms with van der Waals surface area (Å²) >= 11 is 0. The topological polar surface area (TPSA) is 44.8 Å². The number of carbonyl (C=O) groups excluding carboxylic acids is 1. The van der Waals surface area contributed by atoms with E-state index >= 15 is 0 Å². The molecule has 1 aliphatic rings. The second-order valence-corrected chi connectivity index (χ2v) is 4.49. The van der Waals surface area contributed by atoms with Gasteiger partial charge in [0.15, 0.2) is 6.10 Å². The predicted molar refractivity (Wildman–Crippen MR) is 65.8 cm³/mol. The Hall–Kier alpha value is -1.53. The molecule has 1 aromatic rings. The standard InChI is InChI=1S/C14H15F2O4/c1-9-14(15,16)12(13(19-9)20-10(2)17)18-8-11-6-4-3-5-7-11/h3-7,9,12-13H,1,8H2,2H3/t9-,12+,13?/m1/s1. The van der Waals surface area contributed by atoms with Crippen LogP contribution in [0, 0.1) is 6.92 Å². The maximum Gasteiger partial charge on any atom is 0.305 e. The molecule has 1 unspecified atom stereocenters. The molecule has 1 aromatic carbocycles. The van der Waals surface area contributed by atoms with E-state index in [1.807, 2.05) is 6.07 Å². The molecule has 0 aromatic heterocycles. The van der Waals surface area contributed by atoms with Crippen LogP contribution in [0.25, 0.3) is 0 Å². The number of benzene rings is 1. The SMILES string of the molecule is [CH2][C@H]1OC(OC(C)=O)[C@H](OCc2ccccc2)C1(F)F.